The summed E-state index contributed by atoms with van der Waals surface area (Å²) in [7, 11) is 0. The molecule has 1 N–H and O–H groups in total. The molecule has 0 aliphatic heterocycles. The molecule has 1 amide bonds. The Hall–Kier alpha value is -1.72. The fraction of sp³-hybridized carbons (Fsp3) is 0. The average molecular weight is 410 g/mol. The van der Waals surface area contributed by atoms with Gasteiger partial charge >= 0.3 is 0 Å². The molecule has 25 heavy (non-hydrogen) atoms. The summed E-state index contributed by atoms with van der Waals surface area (Å²) in [5.41, 5.74) is 1.18. The zero-order valence-corrected chi connectivity index (χ0v) is 15.8. The lowest BCUT2D eigenvalue weighted by Gasteiger charge is -2.12. The van der Waals surface area contributed by atoms with Crippen LogP contribution in [0.4, 0.5) is 5.69 Å². The molecule has 0 spiro atoms. The third kappa shape index (κ3) is 4.47. The first-order valence-electron chi connectivity index (χ1n) is 7.17. The normalized spacial score (nSPS) is 10.5. The maximum Gasteiger partial charge on any atom is 0.255 e. The van der Waals surface area contributed by atoms with Gasteiger partial charge in [-0.25, -0.2) is 0 Å². The molecule has 3 aromatic rings. The van der Waals surface area contributed by atoms with Crippen LogP contribution in [0.5, 0.6) is 0 Å². The number of halogens is 3. The summed E-state index contributed by atoms with van der Waals surface area (Å²) >= 11 is 19.6. The summed E-state index contributed by atoms with van der Waals surface area (Å²) in [6, 6.07) is 14.1. The van der Waals surface area contributed by atoms with E-state index in [4.69, 9.17) is 34.8 Å². The maximum atomic E-state index is 12.4. The zero-order chi connectivity index (χ0) is 17.8. The largest absolute Gasteiger partial charge is 0.321 e. The number of aromatic nitrogens is 1. The van der Waals surface area contributed by atoms with Crippen LogP contribution in [0.25, 0.3) is 0 Å². The number of carbonyl (C=O) groups excluding carboxylic acids is 1. The highest BCUT2D eigenvalue weighted by Gasteiger charge is 2.13. The predicted molar refractivity (Wildman–Crippen MR) is 104 cm³/mol. The first kappa shape index (κ1) is 18.1. The Morgan fingerprint density at radius 2 is 1.56 bits per heavy atom. The highest BCUT2D eigenvalue weighted by Crippen LogP contribution is 2.40. The zero-order valence-electron chi connectivity index (χ0n) is 12.7. The third-order valence-electron chi connectivity index (χ3n) is 3.26. The van der Waals surface area contributed by atoms with E-state index < -0.39 is 0 Å². The van der Waals surface area contributed by atoms with Gasteiger partial charge in [-0.3, -0.25) is 9.78 Å². The third-order valence-corrected chi connectivity index (χ3v) is 5.53. The van der Waals surface area contributed by atoms with Crippen LogP contribution in [0.15, 0.2) is 70.7 Å². The fourth-order valence-corrected chi connectivity index (χ4v) is 3.68. The van der Waals surface area contributed by atoms with E-state index in [-0.39, 0.29) is 5.91 Å². The van der Waals surface area contributed by atoms with Crippen molar-refractivity contribution in [1.29, 1.82) is 0 Å². The molecular formula is C18H11Cl3N2OS. The topological polar surface area (TPSA) is 42.0 Å². The molecule has 0 aliphatic carbocycles. The van der Waals surface area contributed by atoms with Gasteiger partial charge in [0.15, 0.2) is 0 Å². The summed E-state index contributed by atoms with van der Waals surface area (Å²) < 4.78 is 0. The van der Waals surface area contributed by atoms with Gasteiger partial charge in [0.2, 0.25) is 0 Å². The van der Waals surface area contributed by atoms with Crippen molar-refractivity contribution in [2.45, 2.75) is 9.79 Å². The Labute approximate surface area is 164 Å². The van der Waals surface area contributed by atoms with Gasteiger partial charge in [-0.05, 0) is 36.4 Å². The minimum atomic E-state index is -0.225. The number of hydrogen-bond donors (Lipinski definition) is 1. The predicted octanol–water partition coefficient (Wildman–Crippen LogP) is 6.45. The molecule has 1 heterocycles. The Kier molecular flexibility index (Phi) is 5.86. The minimum absolute atomic E-state index is 0.225. The quantitative estimate of drug-likeness (QED) is 0.538. The van der Waals surface area contributed by atoms with Gasteiger partial charge in [-0.15, -0.1) is 0 Å². The van der Waals surface area contributed by atoms with E-state index >= 15 is 0 Å². The first-order valence-corrected chi connectivity index (χ1v) is 9.12. The number of pyridine rings is 1. The summed E-state index contributed by atoms with van der Waals surface area (Å²) in [6.45, 7) is 0. The standard InChI is InChI=1S/C18H11Cl3N2OS/c19-12-7-5-11(6-8-12)18(24)23-15-3-1-2-4-16(15)25-17-13(20)9-22-10-14(17)21/h1-10H,(H,23,24). The van der Waals surface area contributed by atoms with Crippen molar-refractivity contribution in [2.75, 3.05) is 5.32 Å². The molecule has 0 saturated carbocycles. The van der Waals surface area contributed by atoms with E-state index in [9.17, 15) is 4.79 Å². The van der Waals surface area contributed by atoms with Gasteiger partial charge in [0.25, 0.3) is 5.91 Å². The Morgan fingerprint density at radius 3 is 2.24 bits per heavy atom. The van der Waals surface area contributed by atoms with E-state index in [0.29, 0.717) is 31.2 Å². The maximum absolute atomic E-state index is 12.4. The summed E-state index contributed by atoms with van der Waals surface area (Å²) in [4.78, 5) is 17.9. The number of amides is 1. The van der Waals surface area contributed by atoms with Crippen molar-refractivity contribution in [3.63, 3.8) is 0 Å². The summed E-state index contributed by atoms with van der Waals surface area (Å²) in [6.07, 6.45) is 3.06. The van der Waals surface area contributed by atoms with Crippen molar-refractivity contribution in [2.24, 2.45) is 0 Å². The van der Waals surface area contributed by atoms with Crippen LogP contribution in [0.2, 0.25) is 15.1 Å². The molecule has 0 aliphatic rings. The van der Waals surface area contributed by atoms with Crippen LogP contribution in [0, 0.1) is 0 Å². The van der Waals surface area contributed by atoms with Crippen molar-refractivity contribution in [1.82, 2.24) is 4.98 Å². The van der Waals surface area contributed by atoms with Crippen LogP contribution < -0.4 is 5.32 Å². The number of para-hydroxylation sites is 1. The monoisotopic (exact) mass is 408 g/mol. The molecule has 126 valence electrons. The van der Waals surface area contributed by atoms with Crippen LogP contribution in [-0.4, -0.2) is 10.9 Å². The van der Waals surface area contributed by atoms with E-state index in [1.807, 2.05) is 24.3 Å². The van der Waals surface area contributed by atoms with Crippen molar-refractivity contribution < 1.29 is 4.79 Å². The SMILES string of the molecule is O=C(Nc1ccccc1Sc1c(Cl)cncc1Cl)c1ccc(Cl)cc1. The molecule has 0 atom stereocenters. The lowest BCUT2D eigenvalue weighted by atomic mass is 10.2. The summed E-state index contributed by atoms with van der Waals surface area (Å²) in [5.74, 6) is -0.225. The van der Waals surface area contributed by atoms with Crippen LogP contribution >= 0.6 is 46.6 Å². The molecule has 0 unspecified atom stereocenters. The second kappa shape index (κ2) is 8.11. The molecule has 0 radical (unpaired) electrons. The van der Waals surface area contributed by atoms with Crippen molar-refractivity contribution >= 4 is 58.2 Å². The van der Waals surface area contributed by atoms with Crippen LogP contribution in [0.3, 0.4) is 0 Å². The van der Waals surface area contributed by atoms with Crippen LogP contribution in [0.1, 0.15) is 10.4 Å². The Balaban J connectivity index is 1.86. The van der Waals surface area contributed by atoms with Gasteiger partial charge in [0, 0.05) is 27.9 Å². The fourth-order valence-electron chi connectivity index (χ4n) is 2.06. The molecular weight excluding hydrogens is 399 g/mol. The molecule has 0 saturated heterocycles. The lowest BCUT2D eigenvalue weighted by Crippen LogP contribution is -2.12. The number of nitrogens with zero attached hydrogens (tertiary/aromatic N) is 1. The molecule has 7 heteroatoms. The highest BCUT2D eigenvalue weighted by molar-refractivity contribution is 7.99. The smallest absolute Gasteiger partial charge is 0.255 e. The summed E-state index contributed by atoms with van der Waals surface area (Å²) in [5, 5.41) is 4.39. The average Bonchev–Trinajstić information content (AvgIpc) is 2.60. The van der Waals surface area contributed by atoms with Gasteiger partial charge < -0.3 is 5.32 Å². The van der Waals surface area contributed by atoms with Gasteiger partial charge in [0.05, 0.1) is 20.6 Å². The molecule has 3 nitrogen and oxygen atoms in total. The molecule has 0 bridgehead atoms. The van der Waals surface area contributed by atoms with E-state index in [0.717, 1.165) is 4.90 Å². The van der Waals surface area contributed by atoms with Gasteiger partial charge in [0.1, 0.15) is 0 Å². The number of rotatable bonds is 4. The minimum Gasteiger partial charge on any atom is -0.321 e. The number of benzene rings is 2. The van der Waals surface area contributed by atoms with Crippen LogP contribution in [-0.2, 0) is 0 Å². The number of anilines is 1. The van der Waals surface area contributed by atoms with Gasteiger partial charge in [-0.2, -0.15) is 0 Å². The van der Waals surface area contributed by atoms with Crippen molar-refractivity contribution in [3.05, 3.63) is 81.6 Å². The molecule has 1 aromatic heterocycles. The first-order chi connectivity index (χ1) is 12.0. The van der Waals surface area contributed by atoms with E-state index in [1.165, 1.54) is 24.2 Å². The number of nitrogens with one attached hydrogen (secondary N) is 1. The molecule has 0 fully saturated rings. The molecule has 3 rings (SSSR count). The second-order valence-corrected chi connectivity index (χ2v) is 7.29. The number of carbonyl (C=O) groups is 1. The highest BCUT2D eigenvalue weighted by atomic mass is 35.5. The Morgan fingerprint density at radius 1 is 0.920 bits per heavy atom. The van der Waals surface area contributed by atoms with Crippen molar-refractivity contribution in [3.8, 4) is 0 Å². The second-order valence-electron chi connectivity index (χ2n) is 4.99. The van der Waals surface area contributed by atoms with Gasteiger partial charge in [-0.1, -0.05) is 58.7 Å². The molecule has 2 aromatic carbocycles. The van der Waals surface area contributed by atoms with E-state index in [2.05, 4.69) is 10.3 Å². The van der Waals surface area contributed by atoms with E-state index in [1.54, 1.807) is 24.3 Å². The number of hydrogen-bond acceptors (Lipinski definition) is 3. The lowest BCUT2D eigenvalue weighted by molar-refractivity contribution is 0.102. The Bertz CT molecular complexity index is 896.